The van der Waals surface area contributed by atoms with Crippen LogP contribution in [0.15, 0.2) is 72.8 Å². The molecule has 1 atom stereocenters. The van der Waals surface area contributed by atoms with Crippen LogP contribution in [0.4, 0.5) is 14.6 Å². The second-order valence-corrected chi connectivity index (χ2v) is 9.53. The Morgan fingerprint density at radius 3 is 2.17 bits per heavy atom. The third-order valence-electron chi connectivity index (χ3n) is 5.27. The lowest BCUT2D eigenvalue weighted by molar-refractivity contribution is -0.137. The van der Waals surface area contributed by atoms with Crippen molar-refractivity contribution in [2.24, 2.45) is 0 Å². The summed E-state index contributed by atoms with van der Waals surface area (Å²) < 4.78 is 5.09. The largest absolute Gasteiger partial charge is 0.481 e. The summed E-state index contributed by atoms with van der Waals surface area (Å²) in [6.07, 6.45) is -1.27. The van der Waals surface area contributed by atoms with Gasteiger partial charge in [0.15, 0.2) is 0 Å². The second kappa shape index (κ2) is 15.5. The van der Waals surface area contributed by atoms with Gasteiger partial charge in [-0.15, -0.1) is 11.3 Å². The van der Waals surface area contributed by atoms with E-state index in [1.54, 1.807) is 30.3 Å². The zero-order valence-corrected chi connectivity index (χ0v) is 22.2. The lowest BCUT2D eigenvalue weighted by Gasteiger charge is -2.17. The van der Waals surface area contributed by atoms with Crippen LogP contribution in [0.3, 0.4) is 0 Å². The molecule has 210 valence electrons. The van der Waals surface area contributed by atoms with Gasteiger partial charge in [0.1, 0.15) is 6.61 Å². The second-order valence-electron chi connectivity index (χ2n) is 8.44. The van der Waals surface area contributed by atoms with Crippen LogP contribution in [0, 0.1) is 0 Å². The fourth-order valence-electron chi connectivity index (χ4n) is 3.33. The molecule has 1 heterocycles. The third kappa shape index (κ3) is 10.8. The number of aliphatic carboxylic acids is 1. The number of anilines is 1. The number of alkyl carbamates (subject to hydrolysis) is 1. The Bertz CT molecular complexity index is 1300. The fourth-order valence-corrected chi connectivity index (χ4v) is 4.14. The van der Waals surface area contributed by atoms with Crippen molar-refractivity contribution in [3.8, 4) is 0 Å². The molecule has 13 heteroatoms. The molecule has 40 heavy (non-hydrogen) atoms. The van der Waals surface area contributed by atoms with Gasteiger partial charge in [-0.05, 0) is 23.3 Å². The molecule has 0 radical (unpaired) electrons. The van der Waals surface area contributed by atoms with Crippen molar-refractivity contribution >= 4 is 46.2 Å². The Hall–Kier alpha value is -4.91. The smallest absolute Gasteiger partial charge is 0.407 e. The first-order valence-electron chi connectivity index (χ1n) is 12.2. The molecular weight excluding hydrogens is 538 g/mol. The van der Waals surface area contributed by atoms with E-state index in [2.05, 4.69) is 26.6 Å². The van der Waals surface area contributed by atoms with Crippen molar-refractivity contribution in [1.29, 1.82) is 0 Å². The normalized spacial score (nSPS) is 11.0. The highest BCUT2D eigenvalue weighted by molar-refractivity contribution is 7.18. The highest BCUT2D eigenvalue weighted by atomic mass is 32.1. The number of thiophene rings is 1. The molecule has 0 aliphatic heterocycles. The van der Waals surface area contributed by atoms with Crippen LogP contribution >= 0.6 is 11.3 Å². The van der Waals surface area contributed by atoms with Crippen molar-refractivity contribution in [2.75, 3.05) is 18.4 Å². The van der Waals surface area contributed by atoms with Crippen molar-refractivity contribution in [3.05, 3.63) is 88.8 Å². The molecule has 0 saturated carbocycles. The van der Waals surface area contributed by atoms with Crippen LogP contribution < -0.4 is 26.6 Å². The van der Waals surface area contributed by atoms with E-state index >= 15 is 0 Å². The molecule has 2 aromatic carbocycles. The van der Waals surface area contributed by atoms with Crippen molar-refractivity contribution in [1.82, 2.24) is 21.3 Å². The molecule has 0 saturated heterocycles. The minimum atomic E-state index is -1.17. The zero-order valence-electron chi connectivity index (χ0n) is 21.3. The molecule has 0 aliphatic carbocycles. The number of rotatable bonds is 13. The van der Waals surface area contributed by atoms with Crippen molar-refractivity contribution in [2.45, 2.75) is 25.6 Å². The molecule has 3 rings (SSSR count). The summed E-state index contributed by atoms with van der Waals surface area (Å²) in [5.41, 5.74) is 1.70. The molecule has 1 aromatic heterocycles. The van der Waals surface area contributed by atoms with Gasteiger partial charge in [0.2, 0.25) is 5.91 Å². The molecule has 0 aliphatic rings. The Kier molecular flexibility index (Phi) is 11.5. The van der Waals surface area contributed by atoms with Crippen LogP contribution in [0.1, 0.15) is 27.2 Å². The number of carbonyl (C=O) groups is 5. The van der Waals surface area contributed by atoms with E-state index in [1.807, 2.05) is 36.4 Å². The van der Waals surface area contributed by atoms with Crippen LogP contribution in [0.5, 0.6) is 0 Å². The fraction of sp³-hybridized carbons (Fsp3) is 0.222. The van der Waals surface area contributed by atoms with Gasteiger partial charge in [0.05, 0.1) is 28.9 Å². The number of amides is 5. The summed E-state index contributed by atoms with van der Waals surface area (Å²) in [6.45, 7) is -0.219. The number of ether oxygens (including phenoxy) is 1. The van der Waals surface area contributed by atoms with E-state index in [1.165, 1.54) is 6.07 Å². The van der Waals surface area contributed by atoms with Crippen LogP contribution in [0.25, 0.3) is 0 Å². The molecule has 0 spiro atoms. The van der Waals surface area contributed by atoms with E-state index in [9.17, 15) is 24.0 Å². The first-order valence-corrected chi connectivity index (χ1v) is 13.0. The van der Waals surface area contributed by atoms with E-state index in [0.29, 0.717) is 11.5 Å². The first kappa shape index (κ1) is 29.6. The van der Waals surface area contributed by atoms with Crippen molar-refractivity contribution in [3.63, 3.8) is 0 Å². The zero-order chi connectivity index (χ0) is 28.7. The number of carbonyl (C=O) groups excluding carboxylic acids is 4. The minimum absolute atomic E-state index is 0.00314. The number of carboxylic acid groups (broad SMARTS) is 1. The van der Waals surface area contributed by atoms with Crippen molar-refractivity contribution < 1.29 is 33.8 Å². The predicted octanol–water partition coefficient (Wildman–Crippen LogP) is 2.69. The molecule has 6 N–H and O–H groups in total. The van der Waals surface area contributed by atoms with Crippen LogP contribution in [0.2, 0.25) is 0 Å². The third-order valence-corrected chi connectivity index (χ3v) is 6.27. The van der Waals surface area contributed by atoms with Gasteiger partial charge in [-0.2, -0.15) is 0 Å². The molecular formula is C27H29N5O7S. The summed E-state index contributed by atoms with van der Waals surface area (Å²) in [5, 5.41) is 22.3. The van der Waals surface area contributed by atoms with Crippen LogP contribution in [-0.4, -0.2) is 54.1 Å². The van der Waals surface area contributed by atoms with Gasteiger partial charge < -0.3 is 31.1 Å². The average molecular weight is 568 g/mol. The number of hydrogen-bond donors (Lipinski definition) is 6. The van der Waals surface area contributed by atoms with Gasteiger partial charge in [0.25, 0.3) is 5.91 Å². The Morgan fingerprint density at radius 1 is 0.825 bits per heavy atom. The minimum Gasteiger partial charge on any atom is -0.481 e. The van der Waals surface area contributed by atoms with E-state index < -0.39 is 42.4 Å². The summed E-state index contributed by atoms with van der Waals surface area (Å²) in [6, 6.07) is 20.1. The first-order chi connectivity index (χ1) is 19.3. The molecule has 1 unspecified atom stereocenters. The lowest BCUT2D eigenvalue weighted by Crippen LogP contribution is -2.47. The van der Waals surface area contributed by atoms with Gasteiger partial charge in [-0.25, -0.2) is 9.59 Å². The number of hydrogen-bond acceptors (Lipinski definition) is 7. The van der Waals surface area contributed by atoms with Gasteiger partial charge in [-0.3, -0.25) is 19.7 Å². The quantitative estimate of drug-likeness (QED) is 0.184. The molecule has 3 aromatic rings. The predicted molar refractivity (Wildman–Crippen MR) is 148 cm³/mol. The number of benzene rings is 2. The maximum atomic E-state index is 12.4. The molecule has 5 amide bonds. The lowest BCUT2D eigenvalue weighted by atomic mass is 10.2. The van der Waals surface area contributed by atoms with Gasteiger partial charge >= 0.3 is 18.1 Å². The van der Waals surface area contributed by atoms with E-state index in [-0.39, 0.29) is 24.6 Å². The Balaban J connectivity index is 1.38. The Morgan fingerprint density at radius 2 is 1.50 bits per heavy atom. The maximum Gasteiger partial charge on any atom is 0.407 e. The number of carboxylic acids is 1. The summed E-state index contributed by atoms with van der Waals surface area (Å²) in [5.74, 6) is -2.28. The summed E-state index contributed by atoms with van der Waals surface area (Å²) in [4.78, 5) is 60.3. The molecule has 0 bridgehead atoms. The summed E-state index contributed by atoms with van der Waals surface area (Å²) >= 11 is 1.04. The van der Waals surface area contributed by atoms with E-state index in [0.717, 1.165) is 22.5 Å². The highest BCUT2D eigenvalue weighted by Crippen LogP contribution is 2.21. The summed E-state index contributed by atoms with van der Waals surface area (Å²) in [7, 11) is 0. The highest BCUT2D eigenvalue weighted by Gasteiger charge is 2.19. The molecule has 0 fully saturated rings. The SMILES string of the molecule is O=C(O)CC(CNC(=O)CNC(=O)c1ccc(NC(=O)NCc2ccccc2)s1)NC(=O)OCc1ccccc1. The maximum absolute atomic E-state index is 12.4. The Labute approximate surface area is 234 Å². The van der Waals surface area contributed by atoms with E-state index in [4.69, 9.17) is 9.84 Å². The van der Waals surface area contributed by atoms with Gasteiger partial charge in [0, 0.05) is 13.1 Å². The van der Waals surface area contributed by atoms with Crippen LogP contribution in [-0.2, 0) is 27.5 Å². The number of nitrogens with one attached hydrogen (secondary N) is 5. The monoisotopic (exact) mass is 567 g/mol. The topological polar surface area (TPSA) is 175 Å². The number of urea groups is 1. The van der Waals surface area contributed by atoms with Gasteiger partial charge in [-0.1, -0.05) is 60.7 Å². The molecule has 12 nitrogen and oxygen atoms in total. The average Bonchev–Trinajstić information content (AvgIpc) is 3.41. The standard InChI is InChI=1S/C27H29N5O7S/c33-22(28-15-20(13-24(34)35)31-27(38)39-17-19-9-5-2-6-10-19)16-29-25(36)21-11-12-23(40-21)32-26(37)30-14-18-7-3-1-4-8-18/h1-12,20H,13-17H2,(H,28,33)(H,29,36)(H,31,38)(H,34,35)(H2,30,32,37).